The van der Waals surface area contributed by atoms with Crippen LogP contribution in [0.2, 0.25) is 0 Å². The summed E-state index contributed by atoms with van der Waals surface area (Å²) in [4.78, 5) is 31.5. The predicted octanol–water partition coefficient (Wildman–Crippen LogP) is 3.25. The average Bonchev–Trinajstić information content (AvgIpc) is 3.10. The van der Waals surface area contributed by atoms with E-state index in [1.54, 1.807) is 18.2 Å². The molecule has 0 N–H and O–H groups in total. The van der Waals surface area contributed by atoms with Gasteiger partial charge in [-0.15, -0.1) is 0 Å². The van der Waals surface area contributed by atoms with E-state index in [1.807, 2.05) is 48.7 Å². The van der Waals surface area contributed by atoms with Crippen molar-refractivity contribution >= 4 is 28.5 Å². The minimum absolute atomic E-state index is 0.124. The number of aromatic nitrogens is 2. The second-order valence-corrected chi connectivity index (χ2v) is 6.24. The molecule has 2 amide bonds. The molecule has 6 nitrogen and oxygen atoms in total. The van der Waals surface area contributed by atoms with E-state index < -0.39 is 6.04 Å². The van der Waals surface area contributed by atoms with Gasteiger partial charge in [-0.05, 0) is 38.1 Å². The van der Waals surface area contributed by atoms with Gasteiger partial charge in [-0.1, -0.05) is 18.2 Å². The van der Waals surface area contributed by atoms with Crippen molar-refractivity contribution in [2.45, 2.75) is 26.3 Å². The van der Waals surface area contributed by atoms with E-state index in [0.29, 0.717) is 18.0 Å². The van der Waals surface area contributed by atoms with Crippen molar-refractivity contribution in [3.05, 3.63) is 54.4 Å². The maximum Gasteiger partial charge on any atom is 0.257 e. The number of imidazole rings is 1. The largest absolute Gasteiger partial charge is 0.494 e. The van der Waals surface area contributed by atoms with E-state index in [0.717, 1.165) is 16.9 Å². The molecule has 26 heavy (non-hydrogen) atoms. The molecule has 0 spiro atoms. The molecule has 0 saturated carbocycles. The third-order valence-electron chi connectivity index (χ3n) is 4.59. The van der Waals surface area contributed by atoms with Gasteiger partial charge in [-0.3, -0.25) is 9.59 Å². The molecule has 1 aromatic heterocycles. The third kappa shape index (κ3) is 2.54. The van der Waals surface area contributed by atoms with E-state index in [-0.39, 0.29) is 18.2 Å². The maximum atomic E-state index is 13.1. The van der Waals surface area contributed by atoms with Crippen LogP contribution in [0.1, 0.15) is 25.2 Å². The number of nitrogens with zero attached hydrogens (tertiary/aromatic N) is 3. The standard InChI is InChI=1S/C20H19N3O3/c1-3-26-15-8-6-7-14(11-15)23-19(24)12-18(20(23)25)22-13(2)21-16-9-4-5-10-17(16)22/h4-11,18H,3,12H2,1-2H3/t18-/m0/s1. The van der Waals surface area contributed by atoms with Gasteiger partial charge in [-0.25, -0.2) is 9.88 Å². The van der Waals surface area contributed by atoms with Crippen LogP contribution in [0, 0.1) is 6.92 Å². The van der Waals surface area contributed by atoms with E-state index in [2.05, 4.69) is 4.98 Å². The minimum atomic E-state index is -0.578. The van der Waals surface area contributed by atoms with Crippen molar-refractivity contribution in [2.75, 3.05) is 11.5 Å². The van der Waals surface area contributed by atoms with Gasteiger partial charge < -0.3 is 9.30 Å². The average molecular weight is 349 g/mol. The molecular weight excluding hydrogens is 330 g/mol. The number of hydrogen-bond donors (Lipinski definition) is 0. The molecule has 1 saturated heterocycles. The maximum absolute atomic E-state index is 13.1. The number of anilines is 1. The molecule has 4 rings (SSSR count). The monoisotopic (exact) mass is 349 g/mol. The molecule has 132 valence electrons. The summed E-state index contributed by atoms with van der Waals surface area (Å²) in [5.74, 6) is 0.904. The fourth-order valence-corrected chi connectivity index (χ4v) is 3.53. The number of carbonyl (C=O) groups excluding carboxylic acids is 2. The number of ether oxygens (including phenoxy) is 1. The molecule has 3 aromatic rings. The Kier molecular flexibility index (Phi) is 3.95. The van der Waals surface area contributed by atoms with E-state index in [9.17, 15) is 9.59 Å². The lowest BCUT2D eigenvalue weighted by Gasteiger charge is -2.17. The predicted molar refractivity (Wildman–Crippen MR) is 98.2 cm³/mol. The molecule has 1 fully saturated rings. The summed E-state index contributed by atoms with van der Waals surface area (Å²) in [6, 6.07) is 14.1. The van der Waals surface area contributed by atoms with E-state index >= 15 is 0 Å². The van der Waals surface area contributed by atoms with Gasteiger partial charge in [0.2, 0.25) is 5.91 Å². The van der Waals surface area contributed by atoms with Crippen molar-refractivity contribution in [3.8, 4) is 5.75 Å². The fraction of sp³-hybridized carbons (Fsp3) is 0.250. The summed E-state index contributed by atoms with van der Waals surface area (Å²) in [7, 11) is 0. The van der Waals surface area contributed by atoms with Crippen molar-refractivity contribution in [1.82, 2.24) is 9.55 Å². The molecule has 1 atom stereocenters. The summed E-state index contributed by atoms with van der Waals surface area (Å²) >= 11 is 0. The van der Waals surface area contributed by atoms with Crippen LogP contribution in [0.25, 0.3) is 11.0 Å². The molecule has 1 aliphatic rings. The highest BCUT2D eigenvalue weighted by atomic mass is 16.5. The van der Waals surface area contributed by atoms with Crippen LogP contribution in [0.5, 0.6) is 5.75 Å². The van der Waals surface area contributed by atoms with Crippen molar-refractivity contribution in [2.24, 2.45) is 0 Å². The Labute approximate surface area is 151 Å². The summed E-state index contributed by atoms with van der Waals surface area (Å²) in [5.41, 5.74) is 2.22. The number of rotatable bonds is 4. The van der Waals surface area contributed by atoms with Crippen LogP contribution in [0.15, 0.2) is 48.5 Å². The number of imide groups is 1. The van der Waals surface area contributed by atoms with Gasteiger partial charge >= 0.3 is 0 Å². The summed E-state index contributed by atoms with van der Waals surface area (Å²) in [5, 5.41) is 0. The zero-order chi connectivity index (χ0) is 18.3. The first-order valence-electron chi connectivity index (χ1n) is 8.63. The Hall–Kier alpha value is -3.15. The van der Waals surface area contributed by atoms with Crippen molar-refractivity contribution < 1.29 is 14.3 Å². The van der Waals surface area contributed by atoms with Gasteiger partial charge in [0.1, 0.15) is 17.6 Å². The molecular formula is C20H19N3O3. The zero-order valence-corrected chi connectivity index (χ0v) is 14.7. The van der Waals surface area contributed by atoms with Crippen LogP contribution in [0.3, 0.4) is 0 Å². The number of para-hydroxylation sites is 2. The third-order valence-corrected chi connectivity index (χ3v) is 4.59. The molecule has 6 heteroatoms. The van der Waals surface area contributed by atoms with Gasteiger partial charge in [-0.2, -0.15) is 0 Å². The number of amides is 2. The Morgan fingerprint density at radius 3 is 2.77 bits per heavy atom. The first-order valence-corrected chi connectivity index (χ1v) is 8.63. The Bertz CT molecular complexity index is 1010. The Morgan fingerprint density at radius 2 is 1.96 bits per heavy atom. The smallest absolute Gasteiger partial charge is 0.257 e. The lowest BCUT2D eigenvalue weighted by Crippen LogP contribution is -2.31. The van der Waals surface area contributed by atoms with Crippen LogP contribution in [0.4, 0.5) is 5.69 Å². The second-order valence-electron chi connectivity index (χ2n) is 6.24. The first kappa shape index (κ1) is 16.3. The lowest BCUT2D eigenvalue weighted by molar-refractivity contribution is -0.122. The highest BCUT2D eigenvalue weighted by Crippen LogP contribution is 2.34. The topological polar surface area (TPSA) is 64.4 Å². The normalized spacial score (nSPS) is 17.3. The molecule has 2 aromatic carbocycles. The van der Waals surface area contributed by atoms with E-state index in [4.69, 9.17) is 4.74 Å². The van der Waals surface area contributed by atoms with Gasteiger partial charge in [0, 0.05) is 6.07 Å². The minimum Gasteiger partial charge on any atom is -0.494 e. The SMILES string of the molecule is CCOc1cccc(N2C(=O)C[C@H](n3c(C)nc4ccccc43)C2=O)c1. The molecule has 0 aliphatic carbocycles. The molecule has 1 aliphatic heterocycles. The van der Waals surface area contributed by atoms with Crippen LogP contribution in [-0.4, -0.2) is 28.0 Å². The van der Waals surface area contributed by atoms with E-state index in [1.165, 1.54) is 4.90 Å². The molecule has 0 bridgehead atoms. The zero-order valence-electron chi connectivity index (χ0n) is 14.7. The number of benzene rings is 2. The highest BCUT2D eigenvalue weighted by Gasteiger charge is 2.41. The summed E-state index contributed by atoms with van der Waals surface area (Å²) in [6.07, 6.45) is 0.124. The van der Waals surface area contributed by atoms with Gasteiger partial charge in [0.15, 0.2) is 0 Å². The molecule has 0 unspecified atom stereocenters. The number of aryl methyl sites for hydroxylation is 1. The number of hydrogen-bond acceptors (Lipinski definition) is 4. The van der Waals surface area contributed by atoms with Crippen LogP contribution >= 0.6 is 0 Å². The highest BCUT2D eigenvalue weighted by molar-refractivity contribution is 6.22. The number of fused-ring (bicyclic) bond motifs is 1. The Morgan fingerprint density at radius 1 is 1.15 bits per heavy atom. The van der Waals surface area contributed by atoms with Crippen LogP contribution < -0.4 is 9.64 Å². The quantitative estimate of drug-likeness (QED) is 0.678. The fourth-order valence-electron chi connectivity index (χ4n) is 3.53. The summed E-state index contributed by atoms with van der Waals surface area (Å²) in [6.45, 7) is 4.27. The summed E-state index contributed by atoms with van der Waals surface area (Å²) < 4.78 is 7.35. The first-order chi connectivity index (χ1) is 12.6. The molecule has 2 heterocycles. The van der Waals surface area contributed by atoms with Crippen molar-refractivity contribution in [3.63, 3.8) is 0 Å². The van der Waals surface area contributed by atoms with Gasteiger partial charge in [0.25, 0.3) is 5.91 Å². The second kappa shape index (κ2) is 6.29. The van der Waals surface area contributed by atoms with Crippen molar-refractivity contribution in [1.29, 1.82) is 0 Å². The van der Waals surface area contributed by atoms with Crippen LogP contribution in [-0.2, 0) is 9.59 Å². The molecule has 0 radical (unpaired) electrons. The Balaban J connectivity index is 1.73. The van der Waals surface area contributed by atoms with Gasteiger partial charge in [0.05, 0.1) is 29.7 Å². The number of carbonyl (C=O) groups is 2. The lowest BCUT2D eigenvalue weighted by atomic mass is 10.2.